The fourth-order valence-electron chi connectivity index (χ4n) is 1.37. The van der Waals surface area contributed by atoms with Crippen LogP contribution in [0, 0.1) is 5.95 Å². The summed E-state index contributed by atoms with van der Waals surface area (Å²) in [5.41, 5.74) is -0.576. The van der Waals surface area contributed by atoms with Crippen molar-refractivity contribution in [3.05, 3.63) is 29.8 Å². The summed E-state index contributed by atoms with van der Waals surface area (Å²) < 4.78 is 13.3. The zero-order valence-electron chi connectivity index (χ0n) is 11.5. The maximum absolute atomic E-state index is 13.3. The van der Waals surface area contributed by atoms with Crippen molar-refractivity contribution in [2.45, 2.75) is 39.3 Å². The molecule has 0 saturated heterocycles. The van der Waals surface area contributed by atoms with Gasteiger partial charge in [0, 0.05) is 11.7 Å². The van der Waals surface area contributed by atoms with Crippen molar-refractivity contribution in [2.75, 3.05) is 0 Å². The van der Waals surface area contributed by atoms with Gasteiger partial charge >= 0.3 is 0 Å². The van der Waals surface area contributed by atoms with Crippen LogP contribution in [0.3, 0.4) is 0 Å². The minimum Gasteiger partial charge on any atom is -0.350 e. The number of hydrogen-bond donors (Lipinski definition) is 2. The summed E-state index contributed by atoms with van der Waals surface area (Å²) in [5.74, 6) is -1.85. The molecule has 0 aliphatic heterocycles. The molecule has 2 amide bonds. The van der Waals surface area contributed by atoms with Gasteiger partial charge in [-0.1, -0.05) is 0 Å². The molecule has 0 radical (unpaired) electrons. The number of pyridine rings is 1. The Morgan fingerprint density at radius 1 is 1.37 bits per heavy atom. The molecule has 0 aromatic carbocycles. The van der Waals surface area contributed by atoms with Gasteiger partial charge in [-0.3, -0.25) is 9.59 Å². The van der Waals surface area contributed by atoms with Gasteiger partial charge in [-0.2, -0.15) is 4.39 Å². The smallest absolute Gasteiger partial charge is 0.256 e. The van der Waals surface area contributed by atoms with Gasteiger partial charge in [0.05, 0.1) is 5.56 Å². The van der Waals surface area contributed by atoms with E-state index in [1.807, 2.05) is 20.8 Å². The molecule has 0 saturated carbocycles. The summed E-state index contributed by atoms with van der Waals surface area (Å²) >= 11 is 0. The second kappa shape index (κ2) is 5.77. The predicted octanol–water partition coefficient (Wildman–Crippen LogP) is 1.25. The Balaban J connectivity index is 2.67. The molecule has 0 aliphatic rings. The molecular formula is C13H18FN3O2. The minimum absolute atomic E-state index is 0.182. The number of amides is 2. The molecule has 2 N–H and O–H groups in total. The number of halogens is 1. The van der Waals surface area contributed by atoms with Crippen LogP contribution in [-0.2, 0) is 4.79 Å². The fourth-order valence-corrected chi connectivity index (χ4v) is 1.37. The third-order valence-electron chi connectivity index (χ3n) is 2.24. The first-order valence-electron chi connectivity index (χ1n) is 5.94. The van der Waals surface area contributed by atoms with E-state index in [0.717, 1.165) is 0 Å². The van der Waals surface area contributed by atoms with Crippen LogP contribution in [0.25, 0.3) is 0 Å². The van der Waals surface area contributed by atoms with Crippen LogP contribution in [0.4, 0.5) is 4.39 Å². The van der Waals surface area contributed by atoms with E-state index in [1.165, 1.54) is 25.3 Å². The van der Waals surface area contributed by atoms with E-state index in [-0.39, 0.29) is 11.5 Å². The Bertz CT molecular complexity index is 483. The lowest BCUT2D eigenvalue weighted by Gasteiger charge is -2.23. The van der Waals surface area contributed by atoms with Crippen molar-refractivity contribution < 1.29 is 14.0 Å². The van der Waals surface area contributed by atoms with Gasteiger partial charge in [0.2, 0.25) is 11.9 Å². The average molecular weight is 267 g/mol. The molecule has 1 atom stereocenters. The summed E-state index contributed by atoms with van der Waals surface area (Å²) in [4.78, 5) is 26.9. The van der Waals surface area contributed by atoms with Crippen molar-refractivity contribution >= 4 is 11.8 Å². The second-order valence-electron chi connectivity index (χ2n) is 5.28. The van der Waals surface area contributed by atoms with Gasteiger partial charge < -0.3 is 10.6 Å². The first-order valence-corrected chi connectivity index (χ1v) is 5.94. The SMILES string of the molecule is CC(NC(=O)c1cccnc1F)C(=O)NC(C)(C)C. The maximum Gasteiger partial charge on any atom is 0.256 e. The molecule has 0 spiro atoms. The lowest BCUT2D eigenvalue weighted by atomic mass is 10.1. The fraction of sp³-hybridized carbons (Fsp3) is 0.462. The van der Waals surface area contributed by atoms with Crippen LogP contribution in [0.2, 0.25) is 0 Å². The van der Waals surface area contributed by atoms with Crippen molar-refractivity contribution in [1.29, 1.82) is 0 Å². The molecule has 1 heterocycles. The van der Waals surface area contributed by atoms with Crippen LogP contribution in [-0.4, -0.2) is 28.4 Å². The molecule has 0 bridgehead atoms. The number of carbonyl (C=O) groups is 2. The highest BCUT2D eigenvalue weighted by molar-refractivity contribution is 5.97. The summed E-state index contributed by atoms with van der Waals surface area (Å²) in [6, 6.07) is 2.01. The maximum atomic E-state index is 13.3. The molecule has 6 heteroatoms. The largest absolute Gasteiger partial charge is 0.350 e. The molecule has 104 valence electrons. The summed E-state index contributed by atoms with van der Waals surface area (Å²) in [5, 5.41) is 5.16. The topological polar surface area (TPSA) is 71.1 Å². The number of nitrogens with zero attached hydrogens (tertiary/aromatic N) is 1. The minimum atomic E-state index is -0.858. The van der Waals surface area contributed by atoms with Gasteiger partial charge in [-0.25, -0.2) is 4.98 Å². The Kier molecular flexibility index (Phi) is 4.58. The molecule has 1 aromatic rings. The van der Waals surface area contributed by atoms with E-state index in [4.69, 9.17) is 0 Å². The zero-order valence-corrected chi connectivity index (χ0v) is 11.5. The Hall–Kier alpha value is -1.98. The third-order valence-corrected chi connectivity index (χ3v) is 2.24. The van der Waals surface area contributed by atoms with Gasteiger partial charge in [0.1, 0.15) is 6.04 Å². The van der Waals surface area contributed by atoms with Crippen molar-refractivity contribution in [1.82, 2.24) is 15.6 Å². The number of carbonyl (C=O) groups excluding carboxylic acids is 2. The van der Waals surface area contributed by atoms with E-state index in [9.17, 15) is 14.0 Å². The van der Waals surface area contributed by atoms with Crippen LogP contribution < -0.4 is 10.6 Å². The van der Waals surface area contributed by atoms with Crippen molar-refractivity contribution in [3.8, 4) is 0 Å². The molecule has 1 rings (SSSR count). The first kappa shape index (κ1) is 15.1. The summed E-state index contributed by atoms with van der Waals surface area (Å²) in [6.45, 7) is 7.04. The molecule has 0 aliphatic carbocycles. The molecule has 1 unspecified atom stereocenters. The Labute approximate surface area is 111 Å². The molecule has 19 heavy (non-hydrogen) atoms. The van der Waals surface area contributed by atoms with Gasteiger partial charge in [-0.15, -0.1) is 0 Å². The lowest BCUT2D eigenvalue weighted by molar-refractivity contribution is -0.124. The normalized spacial score (nSPS) is 12.7. The molecule has 1 aromatic heterocycles. The predicted molar refractivity (Wildman–Crippen MR) is 69.0 cm³/mol. The highest BCUT2D eigenvalue weighted by Gasteiger charge is 2.22. The molecule has 5 nitrogen and oxygen atoms in total. The van der Waals surface area contributed by atoms with Crippen LogP contribution >= 0.6 is 0 Å². The monoisotopic (exact) mass is 267 g/mol. The quantitative estimate of drug-likeness (QED) is 0.810. The van der Waals surface area contributed by atoms with Crippen LogP contribution in [0.15, 0.2) is 18.3 Å². The van der Waals surface area contributed by atoms with E-state index in [2.05, 4.69) is 15.6 Å². The van der Waals surface area contributed by atoms with E-state index < -0.39 is 23.4 Å². The standard InChI is InChI=1S/C13H18FN3O2/c1-8(11(18)17-13(2,3)4)16-12(19)9-6-5-7-15-10(9)14/h5-8H,1-4H3,(H,16,19)(H,17,18). The Morgan fingerprint density at radius 3 is 2.53 bits per heavy atom. The molecular weight excluding hydrogens is 249 g/mol. The van der Waals surface area contributed by atoms with Gasteiger partial charge in [0.15, 0.2) is 0 Å². The van der Waals surface area contributed by atoms with E-state index >= 15 is 0 Å². The number of aromatic nitrogens is 1. The van der Waals surface area contributed by atoms with Gasteiger partial charge in [0.25, 0.3) is 5.91 Å². The van der Waals surface area contributed by atoms with Crippen molar-refractivity contribution in [2.24, 2.45) is 0 Å². The van der Waals surface area contributed by atoms with Crippen LogP contribution in [0.1, 0.15) is 38.1 Å². The van der Waals surface area contributed by atoms with E-state index in [0.29, 0.717) is 0 Å². The zero-order chi connectivity index (χ0) is 14.6. The average Bonchev–Trinajstić information content (AvgIpc) is 2.27. The highest BCUT2D eigenvalue weighted by atomic mass is 19.1. The van der Waals surface area contributed by atoms with Crippen LogP contribution in [0.5, 0.6) is 0 Å². The highest BCUT2D eigenvalue weighted by Crippen LogP contribution is 2.04. The second-order valence-corrected chi connectivity index (χ2v) is 5.28. The molecule has 0 fully saturated rings. The van der Waals surface area contributed by atoms with Gasteiger partial charge in [-0.05, 0) is 39.8 Å². The number of rotatable bonds is 3. The third kappa shape index (κ3) is 4.65. The lowest BCUT2D eigenvalue weighted by Crippen LogP contribution is -2.50. The number of nitrogens with one attached hydrogen (secondary N) is 2. The summed E-state index contributed by atoms with van der Waals surface area (Å²) in [7, 11) is 0. The number of hydrogen-bond acceptors (Lipinski definition) is 3. The summed E-state index contributed by atoms with van der Waals surface area (Å²) in [6.07, 6.45) is 1.25. The first-order chi connectivity index (χ1) is 8.70. The van der Waals surface area contributed by atoms with Crippen molar-refractivity contribution in [3.63, 3.8) is 0 Å². The Morgan fingerprint density at radius 2 is 2.00 bits per heavy atom. The van der Waals surface area contributed by atoms with E-state index in [1.54, 1.807) is 0 Å².